The highest BCUT2D eigenvalue weighted by Crippen LogP contribution is 2.58. The van der Waals surface area contributed by atoms with Crippen molar-refractivity contribution in [2.45, 2.75) is 80.4 Å². The molecule has 9 heteroatoms. The van der Waals surface area contributed by atoms with Gasteiger partial charge in [0.05, 0.1) is 31.3 Å². The highest BCUT2D eigenvalue weighted by Gasteiger charge is 2.57. The Balaban J connectivity index is 1.20. The first-order chi connectivity index (χ1) is 20.9. The fourth-order valence-corrected chi connectivity index (χ4v) is 9.01. The summed E-state index contributed by atoms with van der Waals surface area (Å²) in [4.78, 5) is 18.6. The molecule has 2 fully saturated rings. The van der Waals surface area contributed by atoms with Gasteiger partial charge in [-0.15, -0.1) is 0 Å². The predicted molar refractivity (Wildman–Crippen MR) is 158 cm³/mol. The maximum absolute atomic E-state index is 14.0. The molecule has 2 aromatic carbocycles. The Morgan fingerprint density at radius 2 is 1.93 bits per heavy atom. The maximum Gasteiger partial charge on any atom is 0.231 e. The van der Waals surface area contributed by atoms with Crippen LogP contribution >= 0.6 is 0 Å². The molecule has 2 aromatic rings. The molecule has 0 bridgehead atoms. The number of aliphatic hydroxyl groups is 1. The second kappa shape index (κ2) is 9.95. The van der Waals surface area contributed by atoms with Crippen LogP contribution in [-0.2, 0) is 33.5 Å². The molecule has 1 unspecified atom stereocenters. The molecule has 9 nitrogen and oxygen atoms in total. The van der Waals surface area contributed by atoms with Gasteiger partial charge in [0, 0.05) is 43.6 Å². The van der Waals surface area contributed by atoms with Crippen LogP contribution in [0.1, 0.15) is 54.4 Å². The number of carbonyl (C=O) groups is 1. The number of hydrogen-bond acceptors (Lipinski definition) is 9. The summed E-state index contributed by atoms with van der Waals surface area (Å²) in [7, 11) is 5.46. The van der Waals surface area contributed by atoms with Crippen molar-refractivity contribution >= 4 is 5.78 Å². The number of fused-ring (bicyclic) bond motifs is 2. The summed E-state index contributed by atoms with van der Waals surface area (Å²) in [5, 5.41) is 10.6. The van der Waals surface area contributed by atoms with E-state index in [1.807, 2.05) is 13.1 Å². The lowest BCUT2D eigenvalue weighted by Crippen LogP contribution is -2.48. The first-order valence-corrected chi connectivity index (χ1v) is 15.5. The lowest BCUT2D eigenvalue weighted by Gasteiger charge is -2.40. The largest absolute Gasteiger partial charge is 0.493 e. The van der Waals surface area contributed by atoms with E-state index in [1.165, 1.54) is 11.1 Å². The Bertz CT molecular complexity index is 1510. The van der Waals surface area contributed by atoms with E-state index in [0.717, 1.165) is 67.1 Å². The van der Waals surface area contributed by atoms with E-state index in [-0.39, 0.29) is 42.3 Å². The van der Waals surface area contributed by atoms with Crippen LogP contribution in [0.2, 0.25) is 0 Å². The van der Waals surface area contributed by atoms with Crippen LogP contribution in [0.15, 0.2) is 36.4 Å². The standard InChI is InChI=1S/C34H40N2O7/c1-35-18-29(38)34(9-7-23(39-2)14-28(34)35)24-15-27-26(41-19-42-27)12-21(24)17-36-11-10-33-8-6-22(37)13-30(33)43-32-25(40-3)5-4-20(16-36)31(32)33/h4-5,7,9,12,15,22-23,28,30,37H,6,8,10-11,13-14,16-19H2,1-3H3/t22-,23+,28?,30-,33+,34-/m0/s1. The summed E-state index contributed by atoms with van der Waals surface area (Å²) in [5.74, 6) is 3.25. The number of rotatable bonds is 5. The molecule has 0 amide bonds. The van der Waals surface area contributed by atoms with Crippen LogP contribution in [0.4, 0.5) is 0 Å². The van der Waals surface area contributed by atoms with Crippen LogP contribution in [0.3, 0.4) is 0 Å². The SMILES string of the molecule is COc1ccc2c3c1O[C@H]1C[C@@H](O)CC[C@]31CCN(Cc1cc3c(cc1[C@@]14C=C[C@@H](OC)CC1N(C)CC4=O)OCO3)C2. The number of hydrogen-bond donors (Lipinski definition) is 1. The van der Waals surface area contributed by atoms with Crippen molar-refractivity contribution in [1.82, 2.24) is 9.80 Å². The van der Waals surface area contributed by atoms with Crippen molar-refractivity contribution in [2.24, 2.45) is 0 Å². The van der Waals surface area contributed by atoms with Crippen LogP contribution in [0.25, 0.3) is 0 Å². The van der Waals surface area contributed by atoms with E-state index in [0.29, 0.717) is 25.3 Å². The number of ether oxygens (including phenoxy) is 5. The number of aliphatic hydroxyl groups excluding tert-OH is 1. The van der Waals surface area contributed by atoms with E-state index in [1.54, 1.807) is 14.2 Å². The van der Waals surface area contributed by atoms with Crippen molar-refractivity contribution in [3.63, 3.8) is 0 Å². The molecular weight excluding hydrogens is 548 g/mol. The van der Waals surface area contributed by atoms with Gasteiger partial charge < -0.3 is 28.8 Å². The van der Waals surface area contributed by atoms with Gasteiger partial charge in [-0.05, 0) is 74.2 Å². The number of nitrogens with zero attached hydrogens (tertiary/aromatic N) is 2. The van der Waals surface area contributed by atoms with Gasteiger partial charge >= 0.3 is 0 Å². The van der Waals surface area contributed by atoms with E-state index < -0.39 is 5.41 Å². The van der Waals surface area contributed by atoms with Gasteiger partial charge in [0.25, 0.3) is 0 Å². The minimum atomic E-state index is -0.768. The monoisotopic (exact) mass is 588 g/mol. The number of carbonyl (C=O) groups excluding carboxylic acids is 1. The zero-order valence-electron chi connectivity index (χ0n) is 25.1. The quantitative estimate of drug-likeness (QED) is 0.528. The highest BCUT2D eigenvalue weighted by molar-refractivity contribution is 5.98. The fourth-order valence-electron chi connectivity index (χ4n) is 9.01. The van der Waals surface area contributed by atoms with E-state index >= 15 is 0 Å². The zero-order valence-corrected chi connectivity index (χ0v) is 25.1. The molecule has 4 aliphatic heterocycles. The topological polar surface area (TPSA) is 89.9 Å². The van der Waals surface area contributed by atoms with Gasteiger partial charge in [0.2, 0.25) is 6.79 Å². The summed E-state index contributed by atoms with van der Waals surface area (Å²) < 4.78 is 29.7. The minimum absolute atomic E-state index is 0.00519. The minimum Gasteiger partial charge on any atom is -0.493 e. The van der Waals surface area contributed by atoms with Crippen molar-refractivity contribution < 1.29 is 33.6 Å². The summed E-state index contributed by atoms with van der Waals surface area (Å²) >= 11 is 0. The molecule has 1 N–H and O–H groups in total. The Labute approximate surface area is 252 Å². The second-order valence-electron chi connectivity index (χ2n) is 13.2. The number of Topliss-reactive ketones (excluding diaryl/α,β-unsaturated/α-hetero) is 1. The Hall–Kier alpha value is -3.11. The molecule has 4 heterocycles. The summed E-state index contributed by atoms with van der Waals surface area (Å²) in [5.41, 5.74) is 3.71. The first-order valence-electron chi connectivity index (χ1n) is 15.5. The third-order valence-corrected chi connectivity index (χ3v) is 11.2. The smallest absolute Gasteiger partial charge is 0.231 e. The molecule has 1 spiro atoms. The van der Waals surface area contributed by atoms with E-state index in [2.05, 4.69) is 40.2 Å². The Morgan fingerprint density at radius 3 is 2.74 bits per heavy atom. The third kappa shape index (κ3) is 3.94. The Morgan fingerprint density at radius 1 is 1.09 bits per heavy atom. The average Bonchev–Trinajstić information content (AvgIpc) is 3.64. The number of likely N-dealkylation sites (N-methyl/N-ethyl adjacent to an activating group) is 1. The van der Waals surface area contributed by atoms with Crippen molar-refractivity contribution in [2.75, 3.05) is 41.1 Å². The molecule has 1 saturated carbocycles. The summed E-state index contributed by atoms with van der Waals surface area (Å²) in [6.45, 7) is 2.88. The molecular formula is C34H40N2O7. The van der Waals surface area contributed by atoms with Gasteiger partial charge in [0.15, 0.2) is 28.8 Å². The molecule has 0 radical (unpaired) electrons. The summed E-state index contributed by atoms with van der Waals surface area (Å²) in [6.07, 6.45) is 7.72. The van der Waals surface area contributed by atoms with Crippen molar-refractivity contribution in [1.29, 1.82) is 0 Å². The lowest BCUT2D eigenvalue weighted by atomic mass is 9.65. The zero-order chi connectivity index (χ0) is 29.5. The number of benzene rings is 2. The predicted octanol–water partition coefficient (Wildman–Crippen LogP) is 3.47. The van der Waals surface area contributed by atoms with Gasteiger partial charge in [-0.25, -0.2) is 0 Å². The van der Waals surface area contributed by atoms with Gasteiger partial charge in [-0.1, -0.05) is 18.2 Å². The maximum atomic E-state index is 14.0. The van der Waals surface area contributed by atoms with Crippen LogP contribution in [-0.4, -0.2) is 86.2 Å². The number of likely N-dealkylation sites (tertiary alicyclic amines) is 1. The van der Waals surface area contributed by atoms with Gasteiger partial charge in [-0.3, -0.25) is 14.6 Å². The lowest BCUT2D eigenvalue weighted by molar-refractivity contribution is -0.120. The van der Waals surface area contributed by atoms with E-state index in [4.69, 9.17) is 23.7 Å². The highest BCUT2D eigenvalue weighted by atomic mass is 16.7. The Kier molecular flexibility index (Phi) is 6.35. The molecule has 43 heavy (non-hydrogen) atoms. The van der Waals surface area contributed by atoms with Crippen LogP contribution < -0.4 is 18.9 Å². The third-order valence-electron chi connectivity index (χ3n) is 11.2. The molecule has 8 rings (SSSR count). The first kappa shape index (κ1) is 27.4. The fraction of sp³-hybridized carbons (Fsp3) is 0.559. The average molecular weight is 589 g/mol. The molecule has 0 aromatic heterocycles. The molecule has 6 aliphatic rings. The molecule has 2 aliphatic carbocycles. The van der Waals surface area contributed by atoms with Gasteiger partial charge in [0.1, 0.15) is 6.10 Å². The molecule has 228 valence electrons. The van der Waals surface area contributed by atoms with E-state index in [9.17, 15) is 9.90 Å². The molecule has 6 atom stereocenters. The van der Waals surface area contributed by atoms with Crippen LogP contribution in [0.5, 0.6) is 23.0 Å². The normalized spacial score (nSPS) is 34.4. The summed E-state index contributed by atoms with van der Waals surface area (Å²) in [6, 6.07) is 8.36. The van der Waals surface area contributed by atoms with Gasteiger partial charge in [-0.2, -0.15) is 0 Å². The van der Waals surface area contributed by atoms with Crippen LogP contribution in [0, 0.1) is 0 Å². The van der Waals surface area contributed by atoms with Crippen molar-refractivity contribution in [3.8, 4) is 23.0 Å². The second-order valence-corrected chi connectivity index (χ2v) is 13.2. The molecule has 1 saturated heterocycles. The number of methoxy groups -OCH3 is 2. The van der Waals surface area contributed by atoms with Crippen molar-refractivity contribution in [3.05, 3.63) is 58.7 Å². The number of ketones is 1.